The van der Waals surface area contributed by atoms with Crippen LogP contribution in [0, 0.1) is 0 Å². The summed E-state index contributed by atoms with van der Waals surface area (Å²) in [6.07, 6.45) is 0. The van der Waals surface area contributed by atoms with Crippen LogP contribution in [0.15, 0.2) is 170 Å². The van der Waals surface area contributed by atoms with Gasteiger partial charge in [0.15, 0.2) is 5.82 Å². The third-order valence-corrected chi connectivity index (χ3v) is 10.8. The predicted molar refractivity (Wildman–Crippen MR) is 214 cm³/mol. The van der Waals surface area contributed by atoms with Crippen molar-refractivity contribution in [3.05, 3.63) is 181 Å². The van der Waals surface area contributed by atoms with E-state index in [9.17, 15) is 0 Å². The molecule has 1 heterocycles. The van der Waals surface area contributed by atoms with E-state index in [0.29, 0.717) is 0 Å². The summed E-state index contributed by atoms with van der Waals surface area (Å²) < 4.78 is 0. The van der Waals surface area contributed by atoms with E-state index in [1.807, 2.05) is 6.07 Å². The van der Waals surface area contributed by atoms with Gasteiger partial charge in [0, 0.05) is 22.1 Å². The molecule has 0 atom stereocenters. The first-order valence-corrected chi connectivity index (χ1v) is 17.6. The monoisotopic (exact) mass is 650 g/mol. The van der Waals surface area contributed by atoms with Crippen molar-refractivity contribution in [2.24, 2.45) is 0 Å². The summed E-state index contributed by atoms with van der Waals surface area (Å²) in [6, 6.07) is 61.3. The largest absolute Gasteiger partial charge is 0.228 e. The number of aromatic nitrogens is 2. The van der Waals surface area contributed by atoms with Crippen LogP contribution in [-0.4, -0.2) is 9.97 Å². The van der Waals surface area contributed by atoms with Gasteiger partial charge in [-0.15, -0.1) is 0 Å². The molecule has 0 aliphatic heterocycles. The second kappa shape index (κ2) is 11.3. The van der Waals surface area contributed by atoms with E-state index in [0.717, 1.165) is 33.9 Å². The van der Waals surface area contributed by atoms with Crippen molar-refractivity contribution in [1.29, 1.82) is 0 Å². The summed E-state index contributed by atoms with van der Waals surface area (Å²) in [6.45, 7) is 4.69. The molecule has 2 heteroatoms. The lowest BCUT2D eigenvalue weighted by molar-refractivity contribution is 0.661. The molecule has 8 aromatic carbocycles. The Morgan fingerprint density at radius 3 is 1.63 bits per heavy atom. The van der Waals surface area contributed by atoms with E-state index in [-0.39, 0.29) is 5.41 Å². The van der Waals surface area contributed by atoms with Gasteiger partial charge in [0.1, 0.15) is 0 Å². The summed E-state index contributed by atoms with van der Waals surface area (Å²) in [5.74, 6) is 0.725. The molecule has 0 N–H and O–H groups in total. The van der Waals surface area contributed by atoms with E-state index in [4.69, 9.17) is 9.97 Å². The lowest BCUT2D eigenvalue weighted by atomic mass is 9.81. The third kappa shape index (κ3) is 4.87. The van der Waals surface area contributed by atoms with Gasteiger partial charge in [0.2, 0.25) is 0 Å². The summed E-state index contributed by atoms with van der Waals surface area (Å²) >= 11 is 0. The molecule has 10 rings (SSSR count). The number of nitrogens with zero attached hydrogens (tertiary/aromatic N) is 2. The minimum absolute atomic E-state index is 0.132. The van der Waals surface area contributed by atoms with Crippen LogP contribution in [0.5, 0.6) is 0 Å². The number of hydrogen-bond acceptors (Lipinski definition) is 2. The maximum atomic E-state index is 5.28. The lowest BCUT2D eigenvalue weighted by Gasteiger charge is -2.22. The first-order valence-electron chi connectivity index (χ1n) is 17.6. The van der Waals surface area contributed by atoms with Crippen LogP contribution in [-0.2, 0) is 5.41 Å². The number of benzene rings is 8. The van der Waals surface area contributed by atoms with Gasteiger partial charge in [-0.2, -0.15) is 0 Å². The highest BCUT2D eigenvalue weighted by atomic mass is 14.9. The Bertz CT molecular complexity index is 2830. The Hall–Kier alpha value is -6.38. The van der Waals surface area contributed by atoms with Gasteiger partial charge in [0.05, 0.1) is 11.4 Å². The molecule has 9 aromatic rings. The van der Waals surface area contributed by atoms with Crippen LogP contribution in [0.4, 0.5) is 0 Å². The Balaban J connectivity index is 1.12. The van der Waals surface area contributed by atoms with Crippen molar-refractivity contribution >= 4 is 32.3 Å². The van der Waals surface area contributed by atoms with Gasteiger partial charge in [-0.25, -0.2) is 9.97 Å². The van der Waals surface area contributed by atoms with E-state index >= 15 is 0 Å². The SMILES string of the molecule is CC1(C)c2cc3ccccc3cc2-c2c(-c3cc(-c4ccc5cc(-c6ccc7ccccc7c6)ccc5c4)nc(-c4ccccc4)n3)cccc21. The summed E-state index contributed by atoms with van der Waals surface area (Å²) in [5.41, 5.74) is 12.6. The highest BCUT2D eigenvalue weighted by Crippen LogP contribution is 2.53. The molecule has 0 saturated heterocycles. The highest BCUT2D eigenvalue weighted by Gasteiger charge is 2.37. The molecule has 0 amide bonds. The lowest BCUT2D eigenvalue weighted by Crippen LogP contribution is -2.14. The summed E-state index contributed by atoms with van der Waals surface area (Å²) in [7, 11) is 0. The zero-order chi connectivity index (χ0) is 34.1. The van der Waals surface area contributed by atoms with Crippen molar-refractivity contribution in [3.63, 3.8) is 0 Å². The first-order chi connectivity index (χ1) is 25.0. The number of fused-ring (bicyclic) bond motifs is 6. The smallest absolute Gasteiger partial charge is 0.160 e. The van der Waals surface area contributed by atoms with Crippen molar-refractivity contribution in [2.45, 2.75) is 19.3 Å². The molecule has 0 bridgehead atoms. The number of hydrogen-bond donors (Lipinski definition) is 0. The molecule has 240 valence electrons. The topological polar surface area (TPSA) is 25.8 Å². The Morgan fingerprint density at radius 1 is 0.353 bits per heavy atom. The van der Waals surface area contributed by atoms with E-state index in [1.54, 1.807) is 0 Å². The molecule has 2 nitrogen and oxygen atoms in total. The minimum atomic E-state index is -0.132. The standard InChI is InChI=1S/C49H34N2/c1-49(2)43-18-10-17-41(47(43)42-28-34-15-8-9-16-35(34)29-44(42)49)46-30-45(50-48(51-46)32-12-4-3-5-13-32)40-24-23-38-26-37(21-22-39(38)27-40)36-20-19-31-11-6-7-14-33(31)25-36/h3-30H,1-2H3. The summed E-state index contributed by atoms with van der Waals surface area (Å²) in [4.78, 5) is 10.5. The second-order valence-corrected chi connectivity index (χ2v) is 14.3. The molecule has 0 fully saturated rings. The van der Waals surface area contributed by atoms with Crippen LogP contribution >= 0.6 is 0 Å². The van der Waals surface area contributed by atoms with Crippen molar-refractivity contribution in [1.82, 2.24) is 9.97 Å². The van der Waals surface area contributed by atoms with Crippen LogP contribution in [0.3, 0.4) is 0 Å². The summed E-state index contributed by atoms with van der Waals surface area (Å²) in [5, 5.41) is 7.42. The fraction of sp³-hybridized carbons (Fsp3) is 0.0612. The zero-order valence-corrected chi connectivity index (χ0v) is 28.6. The molecule has 0 unspecified atom stereocenters. The quantitative estimate of drug-likeness (QED) is 0.189. The van der Waals surface area contributed by atoms with Gasteiger partial charge in [-0.05, 0) is 102 Å². The Labute approximate surface area is 297 Å². The molecule has 1 aliphatic rings. The molecular weight excluding hydrogens is 617 g/mol. The fourth-order valence-corrected chi connectivity index (χ4v) is 8.09. The van der Waals surface area contributed by atoms with Crippen LogP contribution in [0.25, 0.3) is 88.5 Å². The van der Waals surface area contributed by atoms with E-state index in [1.165, 1.54) is 65.7 Å². The molecule has 0 radical (unpaired) electrons. The third-order valence-electron chi connectivity index (χ3n) is 10.8. The van der Waals surface area contributed by atoms with Gasteiger partial charge < -0.3 is 0 Å². The van der Waals surface area contributed by atoms with Gasteiger partial charge >= 0.3 is 0 Å². The molecule has 1 aromatic heterocycles. The highest BCUT2D eigenvalue weighted by molar-refractivity contribution is 5.99. The van der Waals surface area contributed by atoms with Crippen LogP contribution < -0.4 is 0 Å². The molecule has 51 heavy (non-hydrogen) atoms. The van der Waals surface area contributed by atoms with Gasteiger partial charge in [0.25, 0.3) is 0 Å². The van der Waals surface area contributed by atoms with Crippen molar-refractivity contribution < 1.29 is 0 Å². The van der Waals surface area contributed by atoms with Crippen molar-refractivity contribution in [3.8, 4) is 56.2 Å². The number of rotatable bonds is 4. The fourth-order valence-electron chi connectivity index (χ4n) is 8.09. The minimum Gasteiger partial charge on any atom is -0.228 e. The average Bonchev–Trinajstić information content (AvgIpc) is 3.41. The molecule has 0 spiro atoms. The van der Waals surface area contributed by atoms with E-state index in [2.05, 4.69) is 178 Å². The Morgan fingerprint density at radius 2 is 0.902 bits per heavy atom. The molecular formula is C49H34N2. The predicted octanol–water partition coefficient (Wildman–Crippen LogP) is 12.9. The van der Waals surface area contributed by atoms with Gasteiger partial charge in [-0.3, -0.25) is 0 Å². The Kier molecular flexibility index (Phi) is 6.56. The maximum absolute atomic E-state index is 5.28. The van der Waals surface area contributed by atoms with Crippen LogP contribution in [0.2, 0.25) is 0 Å². The average molecular weight is 651 g/mol. The normalized spacial score (nSPS) is 13.1. The zero-order valence-electron chi connectivity index (χ0n) is 28.6. The maximum Gasteiger partial charge on any atom is 0.160 e. The van der Waals surface area contributed by atoms with E-state index < -0.39 is 0 Å². The van der Waals surface area contributed by atoms with Crippen LogP contribution in [0.1, 0.15) is 25.0 Å². The molecule has 0 saturated carbocycles. The first kappa shape index (κ1) is 29.5. The van der Waals surface area contributed by atoms with Gasteiger partial charge in [-0.1, -0.05) is 147 Å². The van der Waals surface area contributed by atoms with Crippen molar-refractivity contribution in [2.75, 3.05) is 0 Å². The molecule has 1 aliphatic carbocycles. The second-order valence-electron chi connectivity index (χ2n) is 14.3.